The molecule has 1 aliphatic rings. The van der Waals surface area contributed by atoms with E-state index in [2.05, 4.69) is 4.90 Å². The van der Waals surface area contributed by atoms with Gasteiger partial charge in [0.05, 0.1) is 7.11 Å². The number of nitrogens with zero attached hydrogens (tertiary/aromatic N) is 2. The lowest BCUT2D eigenvalue weighted by Gasteiger charge is -2.41. The number of halogens is 1. The Balaban J connectivity index is 1.71. The number of phenols is 1. The SMILES string of the molecule is COc1ccc(CN2CCN(C(=O)c3cccc(O)c3)C[C@@H]2CCO)c(F)c1. The van der Waals surface area contributed by atoms with Gasteiger partial charge in [-0.3, -0.25) is 9.69 Å². The van der Waals surface area contributed by atoms with Crippen molar-refractivity contribution in [3.8, 4) is 11.5 Å². The zero-order valence-corrected chi connectivity index (χ0v) is 15.8. The van der Waals surface area contributed by atoms with Crippen molar-refractivity contribution in [3.05, 3.63) is 59.4 Å². The summed E-state index contributed by atoms with van der Waals surface area (Å²) < 4.78 is 19.4. The van der Waals surface area contributed by atoms with Crippen LogP contribution in [0, 0.1) is 5.82 Å². The average Bonchev–Trinajstić information content (AvgIpc) is 2.70. The topological polar surface area (TPSA) is 73.2 Å². The number of amides is 1. The van der Waals surface area contributed by atoms with Crippen molar-refractivity contribution in [2.75, 3.05) is 33.4 Å². The van der Waals surface area contributed by atoms with Crippen LogP contribution in [0.4, 0.5) is 4.39 Å². The minimum absolute atomic E-state index is 0.0135. The van der Waals surface area contributed by atoms with Crippen LogP contribution >= 0.6 is 0 Å². The highest BCUT2D eigenvalue weighted by molar-refractivity contribution is 5.94. The number of rotatable bonds is 6. The average molecular weight is 388 g/mol. The van der Waals surface area contributed by atoms with Crippen LogP contribution in [0.25, 0.3) is 0 Å². The summed E-state index contributed by atoms with van der Waals surface area (Å²) in [5.74, 6) is 0.0237. The van der Waals surface area contributed by atoms with E-state index in [-0.39, 0.29) is 30.1 Å². The lowest BCUT2D eigenvalue weighted by Crippen LogP contribution is -2.54. The third-order valence-electron chi connectivity index (χ3n) is 5.08. The molecule has 1 heterocycles. The van der Waals surface area contributed by atoms with Gasteiger partial charge in [-0.2, -0.15) is 0 Å². The molecule has 1 amide bonds. The van der Waals surface area contributed by atoms with Gasteiger partial charge in [0.1, 0.15) is 17.3 Å². The summed E-state index contributed by atoms with van der Waals surface area (Å²) >= 11 is 0. The van der Waals surface area contributed by atoms with Crippen molar-refractivity contribution < 1.29 is 24.1 Å². The van der Waals surface area contributed by atoms with Gasteiger partial charge in [0.2, 0.25) is 0 Å². The molecule has 0 radical (unpaired) electrons. The Morgan fingerprint density at radius 1 is 1.25 bits per heavy atom. The summed E-state index contributed by atoms with van der Waals surface area (Å²) in [6, 6.07) is 11.0. The number of methoxy groups -OCH3 is 1. The number of carbonyl (C=O) groups excluding carboxylic acids is 1. The highest BCUT2D eigenvalue weighted by Gasteiger charge is 2.30. The van der Waals surface area contributed by atoms with Gasteiger partial charge in [-0.25, -0.2) is 4.39 Å². The van der Waals surface area contributed by atoms with Crippen LogP contribution in [0.1, 0.15) is 22.3 Å². The Hall–Kier alpha value is -2.64. The molecule has 0 saturated carbocycles. The van der Waals surface area contributed by atoms with E-state index in [0.29, 0.717) is 49.5 Å². The molecule has 1 saturated heterocycles. The van der Waals surface area contributed by atoms with Crippen LogP contribution in [-0.2, 0) is 6.54 Å². The Morgan fingerprint density at radius 3 is 2.75 bits per heavy atom. The molecule has 0 unspecified atom stereocenters. The number of phenolic OH excluding ortho intramolecular Hbond substituents is 1. The van der Waals surface area contributed by atoms with Crippen LogP contribution in [-0.4, -0.2) is 65.3 Å². The molecule has 2 aromatic rings. The first-order valence-electron chi connectivity index (χ1n) is 9.27. The highest BCUT2D eigenvalue weighted by atomic mass is 19.1. The van der Waals surface area contributed by atoms with Crippen LogP contribution in [0.5, 0.6) is 11.5 Å². The van der Waals surface area contributed by atoms with E-state index in [1.807, 2.05) is 0 Å². The van der Waals surface area contributed by atoms with E-state index in [1.54, 1.807) is 29.2 Å². The minimum atomic E-state index is -0.333. The third kappa shape index (κ3) is 4.61. The summed E-state index contributed by atoms with van der Waals surface area (Å²) in [6.45, 7) is 1.89. The second-order valence-corrected chi connectivity index (χ2v) is 6.90. The molecule has 1 atom stereocenters. The molecule has 2 N–H and O–H groups in total. The largest absolute Gasteiger partial charge is 0.508 e. The number of aromatic hydroxyl groups is 1. The van der Waals surface area contributed by atoms with E-state index in [9.17, 15) is 19.4 Å². The van der Waals surface area contributed by atoms with Crippen molar-refractivity contribution in [1.82, 2.24) is 9.80 Å². The second kappa shape index (κ2) is 9.03. The van der Waals surface area contributed by atoms with Gasteiger partial charge in [-0.1, -0.05) is 12.1 Å². The first-order chi connectivity index (χ1) is 13.5. The zero-order valence-electron chi connectivity index (χ0n) is 15.8. The van der Waals surface area contributed by atoms with E-state index in [1.165, 1.54) is 25.3 Å². The van der Waals surface area contributed by atoms with E-state index >= 15 is 0 Å². The molecule has 1 aliphatic heterocycles. The van der Waals surface area contributed by atoms with Gasteiger partial charge in [-0.15, -0.1) is 0 Å². The maximum Gasteiger partial charge on any atom is 0.254 e. The van der Waals surface area contributed by atoms with E-state index in [4.69, 9.17) is 4.74 Å². The number of aliphatic hydroxyl groups excluding tert-OH is 1. The van der Waals surface area contributed by atoms with E-state index in [0.717, 1.165) is 0 Å². The van der Waals surface area contributed by atoms with Crippen molar-refractivity contribution in [1.29, 1.82) is 0 Å². The number of aliphatic hydroxyl groups is 1. The maximum absolute atomic E-state index is 14.3. The van der Waals surface area contributed by atoms with Crippen LogP contribution in [0.15, 0.2) is 42.5 Å². The number of piperazine rings is 1. The van der Waals surface area contributed by atoms with Crippen molar-refractivity contribution in [2.45, 2.75) is 19.0 Å². The summed E-state index contributed by atoms with van der Waals surface area (Å²) in [7, 11) is 1.49. The number of ether oxygens (including phenoxy) is 1. The number of hydrogen-bond acceptors (Lipinski definition) is 5. The number of carbonyl (C=O) groups is 1. The molecule has 7 heteroatoms. The van der Waals surface area contributed by atoms with Gasteiger partial charge in [-0.05, 0) is 30.7 Å². The number of benzene rings is 2. The van der Waals surface area contributed by atoms with Gasteiger partial charge in [0.25, 0.3) is 5.91 Å². The zero-order chi connectivity index (χ0) is 20.1. The molecule has 3 rings (SSSR count). The molecule has 6 nitrogen and oxygen atoms in total. The predicted molar refractivity (Wildman–Crippen MR) is 103 cm³/mol. The smallest absolute Gasteiger partial charge is 0.254 e. The molecule has 28 heavy (non-hydrogen) atoms. The van der Waals surface area contributed by atoms with Crippen molar-refractivity contribution in [2.24, 2.45) is 0 Å². The summed E-state index contributed by atoms with van der Waals surface area (Å²) in [5.41, 5.74) is 0.980. The molecule has 150 valence electrons. The van der Waals surface area contributed by atoms with Crippen LogP contribution < -0.4 is 4.74 Å². The molecular weight excluding hydrogens is 363 g/mol. The second-order valence-electron chi connectivity index (χ2n) is 6.90. The van der Waals surface area contributed by atoms with Crippen molar-refractivity contribution in [3.63, 3.8) is 0 Å². The van der Waals surface area contributed by atoms with Crippen LogP contribution in [0.2, 0.25) is 0 Å². The fourth-order valence-electron chi connectivity index (χ4n) is 3.53. The van der Waals surface area contributed by atoms with Gasteiger partial charge < -0.3 is 19.8 Å². The predicted octanol–water partition coefficient (Wildman–Crippen LogP) is 2.25. The first-order valence-corrected chi connectivity index (χ1v) is 9.27. The summed E-state index contributed by atoms with van der Waals surface area (Å²) in [5, 5.41) is 19.1. The molecule has 0 aliphatic carbocycles. The summed E-state index contributed by atoms with van der Waals surface area (Å²) in [4.78, 5) is 16.6. The Bertz CT molecular complexity index is 830. The van der Waals surface area contributed by atoms with Gasteiger partial charge >= 0.3 is 0 Å². The quantitative estimate of drug-likeness (QED) is 0.794. The Labute approximate surface area is 163 Å². The first kappa shape index (κ1) is 20.1. The summed E-state index contributed by atoms with van der Waals surface area (Å²) in [6.07, 6.45) is 0.488. The normalized spacial score (nSPS) is 17.5. The van der Waals surface area contributed by atoms with Crippen molar-refractivity contribution >= 4 is 5.91 Å². The molecule has 2 aromatic carbocycles. The van der Waals surface area contributed by atoms with Crippen LogP contribution in [0.3, 0.4) is 0 Å². The van der Waals surface area contributed by atoms with Gasteiger partial charge in [0.15, 0.2) is 0 Å². The Kier molecular flexibility index (Phi) is 6.49. The Morgan fingerprint density at radius 2 is 2.07 bits per heavy atom. The third-order valence-corrected chi connectivity index (χ3v) is 5.08. The minimum Gasteiger partial charge on any atom is -0.508 e. The molecule has 0 bridgehead atoms. The number of hydrogen-bond donors (Lipinski definition) is 2. The monoisotopic (exact) mass is 388 g/mol. The lowest BCUT2D eigenvalue weighted by molar-refractivity contribution is 0.0391. The molecular formula is C21H25FN2O4. The fraction of sp³-hybridized carbons (Fsp3) is 0.381. The molecule has 0 aromatic heterocycles. The molecule has 1 fully saturated rings. The van der Waals surface area contributed by atoms with E-state index < -0.39 is 0 Å². The lowest BCUT2D eigenvalue weighted by atomic mass is 10.1. The standard InChI is InChI=1S/C21H25FN2O4/c1-28-19-6-5-16(20(22)12-19)13-23-8-9-24(14-17(23)7-10-25)21(27)15-3-2-4-18(26)11-15/h2-6,11-12,17,25-26H,7-10,13-14H2,1H3/t17-/m0/s1. The fourth-order valence-corrected chi connectivity index (χ4v) is 3.53. The maximum atomic E-state index is 14.3. The molecule has 0 spiro atoms. The van der Waals surface area contributed by atoms with Gasteiger partial charge in [0, 0.05) is 56.0 Å². The highest BCUT2D eigenvalue weighted by Crippen LogP contribution is 2.22.